The number of ether oxygens (including phenoxy) is 2. The van der Waals surface area contributed by atoms with E-state index in [0.29, 0.717) is 0 Å². The molecule has 1 saturated heterocycles. The van der Waals surface area contributed by atoms with Crippen LogP contribution >= 0.6 is 27.7 Å². The molecule has 1 aliphatic rings. The summed E-state index contributed by atoms with van der Waals surface area (Å²) in [6.07, 6.45) is 1.01. The van der Waals surface area contributed by atoms with Gasteiger partial charge in [0.25, 0.3) is 0 Å². The van der Waals surface area contributed by atoms with Crippen molar-refractivity contribution in [2.75, 3.05) is 25.2 Å². The van der Waals surface area contributed by atoms with Crippen LogP contribution in [0.1, 0.15) is 5.56 Å². The first-order valence-corrected chi connectivity index (χ1v) is 8.17. The zero-order valence-electron chi connectivity index (χ0n) is 10.9. The van der Waals surface area contributed by atoms with Crippen LogP contribution < -0.4 is 16.0 Å². The molecule has 2 unspecified atom stereocenters. The van der Waals surface area contributed by atoms with E-state index in [4.69, 9.17) is 15.3 Å². The van der Waals surface area contributed by atoms with Gasteiger partial charge in [-0.2, -0.15) is 11.8 Å². The summed E-state index contributed by atoms with van der Waals surface area (Å²) >= 11 is 5.42. The van der Waals surface area contributed by atoms with Crippen molar-refractivity contribution in [2.24, 2.45) is 5.84 Å². The molecule has 1 aromatic carbocycles. The fourth-order valence-corrected chi connectivity index (χ4v) is 3.66. The lowest BCUT2D eigenvalue weighted by Gasteiger charge is -2.29. The Morgan fingerprint density at radius 2 is 2.47 bits per heavy atom. The van der Waals surface area contributed by atoms with Crippen molar-refractivity contribution in [3.63, 3.8) is 0 Å². The maximum absolute atomic E-state index is 5.78. The molecule has 4 nitrogen and oxygen atoms in total. The Morgan fingerprint density at radius 1 is 1.63 bits per heavy atom. The maximum atomic E-state index is 5.78. The van der Waals surface area contributed by atoms with Crippen LogP contribution in [0.15, 0.2) is 22.7 Å². The van der Waals surface area contributed by atoms with Crippen LogP contribution in [0, 0.1) is 0 Å². The Labute approximate surface area is 126 Å². The van der Waals surface area contributed by atoms with E-state index in [9.17, 15) is 0 Å². The molecule has 6 heteroatoms. The number of nitrogens with two attached hydrogens (primary N) is 1. The monoisotopic (exact) mass is 346 g/mol. The number of nitrogens with one attached hydrogen (secondary N) is 1. The highest BCUT2D eigenvalue weighted by Crippen LogP contribution is 2.26. The molecule has 1 aromatic rings. The standard InChI is InChI=1S/C13H19BrN2O2S/c1-17-12-3-2-9(6-10(12)14)7-11(16-15)13-8-19-5-4-18-13/h2-3,6,11,13,16H,4-5,7-8,15H2,1H3. The van der Waals surface area contributed by atoms with Crippen molar-refractivity contribution < 1.29 is 9.47 Å². The van der Waals surface area contributed by atoms with Crippen LogP contribution in [-0.4, -0.2) is 37.4 Å². The van der Waals surface area contributed by atoms with Gasteiger partial charge < -0.3 is 9.47 Å². The number of benzene rings is 1. The second-order valence-corrected chi connectivity index (χ2v) is 6.43. The van der Waals surface area contributed by atoms with Crippen LogP contribution in [0.2, 0.25) is 0 Å². The minimum atomic E-state index is 0.132. The van der Waals surface area contributed by atoms with Crippen molar-refractivity contribution in [1.82, 2.24) is 5.43 Å². The fraction of sp³-hybridized carbons (Fsp3) is 0.538. The van der Waals surface area contributed by atoms with E-state index < -0.39 is 0 Å². The molecule has 1 heterocycles. The maximum Gasteiger partial charge on any atom is 0.133 e. The molecule has 19 heavy (non-hydrogen) atoms. The predicted molar refractivity (Wildman–Crippen MR) is 82.6 cm³/mol. The molecule has 0 aromatic heterocycles. The topological polar surface area (TPSA) is 56.5 Å². The van der Waals surface area contributed by atoms with Gasteiger partial charge in [-0.1, -0.05) is 6.07 Å². The Bertz CT molecular complexity index is 414. The highest BCUT2D eigenvalue weighted by atomic mass is 79.9. The summed E-state index contributed by atoms with van der Waals surface area (Å²) in [6.45, 7) is 0.805. The first kappa shape index (κ1) is 15.1. The molecule has 106 valence electrons. The quantitative estimate of drug-likeness (QED) is 0.630. The SMILES string of the molecule is COc1ccc(CC(NN)C2CSCCO2)cc1Br. The van der Waals surface area contributed by atoms with Gasteiger partial charge in [0, 0.05) is 11.5 Å². The van der Waals surface area contributed by atoms with E-state index in [0.717, 1.165) is 34.8 Å². The summed E-state index contributed by atoms with van der Waals surface area (Å²) in [4.78, 5) is 0. The van der Waals surface area contributed by atoms with Gasteiger partial charge in [-0.15, -0.1) is 0 Å². The van der Waals surface area contributed by atoms with Crippen LogP contribution in [-0.2, 0) is 11.2 Å². The van der Waals surface area contributed by atoms with Crippen LogP contribution in [0.3, 0.4) is 0 Å². The molecule has 0 radical (unpaired) electrons. The number of halogens is 1. The number of rotatable bonds is 5. The van der Waals surface area contributed by atoms with Crippen LogP contribution in [0.5, 0.6) is 5.75 Å². The van der Waals surface area contributed by atoms with Gasteiger partial charge in [-0.05, 0) is 40.0 Å². The van der Waals surface area contributed by atoms with Gasteiger partial charge >= 0.3 is 0 Å². The van der Waals surface area contributed by atoms with E-state index >= 15 is 0 Å². The molecule has 1 fully saturated rings. The molecule has 0 aliphatic carbocycles. The van der Waals surface area contributed by atoms with Crippen molar-refractivity contribution in [3.05, 3.63) is 28.2 Å². The van der Waals surface area contributed by atoms with Crippen LogP contribution in [0.4, 0.5) is 0 Å². The molecule has 0 bridgehead atoms. The molecule has 0 spiro atoms. The van der Waals surface area contributed by atoms with Gasteiger partial charge in [0.15, 0.2) is 0 Å². The Balaban J connectivity index is 2.03. The Kier molecular flexibility index (Phi) is 5.97. The largest absolute Gasteiger partial charge is 0.496 e. The average Bonchev–Trinajstić information content (AvgIpc) is 2.46. The second-order valence-electron chi connectivity index (χ2n) is 4.43. The summed E-state index contributed by atoms with van der Waals surface area (Å²) in [5.41, 5.74) is 4.09. The number of hydrogen-bond donors (Lipinski definition) is 2. The summed E-state index contributed by atoms with van der Waals surface area (Å²) < 4.78 is 12.0. The molecule has 2 rings (SSSR count). The summed E-state index contributed by atoms with van der Waals surface area (Å²) in [5.74, 6) is 8.57. The fourth-order valence-electron chi connectivity index (χ4n) is 2.13. The lowest BCUT2D eigenvalue weighted by Crippen LogP contribution is -2.49. The average molecular weight is 347 g/mol. The van der Waals surface area contributed by atoms with Crippen LogP contribution in [0.25, 0.3) is 0 Å². The predicted octanol–water partition coefficient (Wildman–Crippen LogP) is 1.96. The molecule has 1 aliphatic heterocycles. The van der Waals surface area contributed by atoms with Crippen molar-refractivity contribution >= 4 is 27.7 Å². The lowest BCUT2D eigenvalue weighted by molar-refractivity contribution is 0.0472. The third-order valence-corrected chi connectivity index (χ3v) is 4.82. The van der Waals surface area contributed by atoms with Gasteiger partial charge in [-0.25, -0.2) is 0 Å². The van der Waals surface area contributed by atoms with Crippen molar-refractivity contribution in [1.29, 1.82) is 0 Å². The molecule has 2 atom stereocenters. The van der Waals surface area contributed by atoms with Gasteiger partial charge in [0.1, 0.15) is 5.75 Å². The molecular weight excluding hydrogens is 328 g/mol. The highest BCUT2D eigenvalue weighted by Gasteiger charge is 2.24. The zero-order chi connectivity index (χ0) is 13.7. The summed E-state index contributed by atoms with van der Waals surface area (Å²) in [5, 5.41) is 0. The molecule has 0 saturated carbocycles. The van der Waals surface area contributed by atoms with E-state index in [-0.39, 0.29) is 12.1 Å². The minimum absolute atomic E-state index is 0.132. The number of hydrogen-bond acceptors (Lipinski definition) is 5. The van der Waals surface area contributed by atoms with Gasteiger partial charge in [-0.3, -0.25) is 11.3 Å². The lowest BCUT2D eigenvalue weighted by atomic mass is 10.0. The molecule has 0 amide bonds. The summed E-state index contributed by atoms with van der Waals surface area (Å²) in [7, 11) is 1.66. The number of thioether (sulfide) groups is 1. The van der Waals surface area contributed by atoms with Crippen molar-refractivity contribution in [3.8, 4) is 5.75 Å². The number of methoxy groups -OCH3 is 1. The smallest absolute Gasteiger partial charge is 0.133 e. The Morgan fingerprint density at radius 3 is 3.05 bits per heavy atom. The third-order valence-electron chi connectivity index (χ3n) is 3.18. The zero-order valence-corrected chi connectivity index (χ0v) is 13.3. The van der Waals surface area contributed by atoms with Gasteiger partial charge in [0.2, 0.25) is 0 Å². The highest BCUT2D eigenvalue weighted by molar-refractivity contribution is 9.10. The van der Waals surface area contributed by atoms with Gasteiger partial charge in [0.05, 0.1) is 30.3 Å². The number of hydrazine groups is 1. The second kappa shape index (κ2) is 7.50. The summed E-state index contributed by atoms with van der Waals surface area (Å²) in [6, 6.07) is 6.22. The van der Waals surface area contributed by atoms with E-state index in [1.807, 2.05) is 17.8 Å². The first-order valence-electron chi connectivity index (χ1n) is 6.22. The molecule has 3 N–H and O–H groups in total. The van der Waals surface area contributed by atoms with E-state index in [2.05, 4.69) is 33.5 Å². The minimum Gasteiger partial charge on any atom is -0.496 e. The Hall–Kier alpha value is -0.270. The molecular formula is C13H19BrN2O2S. The normalized spacial score (nSPS) is 21.1. The van der Waals surface area contributed by atoms with E-state index in [1.165, 1.54) is 5.56 Å². The third kappa shape index (κ3) is 4.10. The first-order chi connectivity index (χ1) is 9.24. The van der Waals surface area contributed by atoms with Crippen molar-refractivity contribution in [2.45, 2.75) is 18.6 Å². The van der Waals surface area contributed by atoms with E-state index in [1.54, 1.807) is 7.11 Å².